The largest absolute Gasteiger partial charge is 0.335 e. The van der Waals surface area contributed by atoms with Crippen LogP contribution < -0.4 is 10.9 Å². The summed E-state index contributed by atoms with van der Waals surface area (Å²) in [5, 5.41) is 8.38. The van der Waals surface area contributed by atoms with Crippen LogP contribution in [0.15, 0.2) is 65.6 Å². The van der Waals surface area contributed by atoms with E-state index in [1.165, 1.54) is 16.8 Å². The second-order valence-corrected chi connectivity index (χ2v) is 7.45. The van der Waals surface area contributed by atoms with Crippen molar-refractivity contribution in [3.63, 3.8) is 0 Å². The third-order valence-corrected chi connectivity index (χ3v) is 5.55. The molecule has 0 radical (unpaired) electrons. The summed E-state index contributed by atoms with van der Waals surface area (Å²) in [4.78, 5) is 26.3. The highest BCUT2D eigenvalue weighted by atomic mass is 19.1. The first-order chi connectivity index (χ1) is 14.9. The van der Waals surface area contributed by atoms with E-state index < -0.39 is 11.9 Å². The fourth-order valence-corrected chi connectivity index (χ4v) is 4.08. The van der Waals surface area contributed by atoms with Crippen LogP contribution in [0.25, 0.3) is 16.5 Å². The zero-order valence-corrected chi connectivity index (χ0v) is 17.6. The van der Waals surface area contributed by atoms with Crippen molar-refractivity contribution in [1.82, 2.24) is 14.3 Å². The summed E-state index contributed by atoms with van der Waals surface area (Å²) in [6, 6.07) is 14.4. The van der Waals surface area contributed by atoms with Gasteiger partial charge >= 0.3 is 0 Å². The minimum Gasteiger partial charge on any atom is -0.335 e. The molecule has 0 aliphatic carbocycles. The molecule has 2 aromatic carbocycles. The number of aromatic nitrogens is 3. The molecule has 0 saturated heterocycles. The molecule has 158 valence electrons. The van der Waals surface area contributed by atoms with Crippen molar-refractivity contribution in [3.05, 3.63) is 88.4 Å². The predicted molar refractivity (Wildman–Crippen MR) is 119 cm³/mol. The van der Waals surface area contributed by atoms with Crippen LogP contribution in [0.5, 0.6) is 0 Å². The SMILES string of the molecule is CC[C@H](C(=O)Nc1cccc(F)c1)n1c(C)c2cnn(-c3ccccc3)c(=O)c2c1C. The van der Waals surface area contributed by atoms with E-state index in [2.05, 4.69) is 10.4 Å². The average molecular weight is 418 g/mol. The van der Waals surface area contributed by atoms with Crippen LogP contribution in [-0.2, 0) is 4.79 Å². The van der Waals surface area contributed by atoms with Crippen LogP contribution >= 0.6 is 0 Å². The Kier molecular flexibility index (Phi) is 5.42. The lowest BCUT2D eigenvalue weighted by Crippen LogP contribution is -2.27. The highest BCUT2D eigenvalue weighted by Crippen LogP contribution is 2.28. The molecule has 0 bridgehead atoms. The van der Waals surface area contributed by atoms with Crippen molar-refractivity contribution in [3.8, 4) is 5.69 Å². The number of fused-ring (bicyclic) bond motifs is 1. The number of hydrogen-bond donors (Lipinski definition) is 1. The van der Waals surface area contributed by atoms with Crippen molar-refractivity contribution in [2.45, 2.75) is 33.2 Å². The number of nitrogens with one attached hydrogen (secondary N) is 1. The number of nitrogens with zero attached hydrogens (tertiary/aromatic N) is 3. The second-order valence-electron chi connectivity index (χ2n) is 7.45. The lowest BCUT2D eigenvalue weighted by Gasteiger charge is -2.20. The molecule has 31 heavy (non-hydrogen) atoms. The molecule has 0 saturated carbocycles. The van der Waals surface area contributed by atoms with Crippen molar-refractivity contribution >= 4 is 22.4 Å². The smallest absolute Gasteiger partial charge is 0.281 e. The van der Waals surface area contributed by atoms with Crippen LogP contribution in [0.3, 0.4) is 0 Å². The minimum atomic E-state index is -0.555. The maximum absolute atomic E-state index is 13.5. The Bertz CT molecular complexity index is 1320. The van der Waals surface area contributed by atoms with Crippen molar-refractivity contribution < 1.29 is 9.18 Å². The Labute approximate surface area is 178 Å². The fourth-order valence-electron chi connectivity index (χ4n) is 4.08. The zero-order chi connectivity index (χ0) is 22.1. The number of halogens is 1. The summed E-state index contributed by atoms with van der Waals surface area (Å²) in [6.45, 7) is 5.62. The van der Waals surface area contributed by atoms with Gasteiger partial charge in [0.25, 0.3) is 5.56 Å². The third kappa shape index (κ3) is 3.63. The number of hydrogen-bond acceptors (Lipinski definition) is 3. The fraction of sp³-hybridized carbons (Fsp3) is 0.208. The second kappa shape index (κ2) is 8.18. The number of para-hydroxylation sites is 1. The van der Waals surface area contributed by atoms with Crippen molar-refractivity contribution in [1.29, 1.82) is 0 Å². The van der Waals surface area contributed by atoms with Crippen LogP contribution in [0, 0.1) is 19.7 Å². The molecule has 7 heteroatoms. The summed E-state index contributed by atoms with van der Waals surface area (Å²) in [5.41, 5.74) is 2.33. The normalized spacial score (nSPS) is 12.1. The highest BCUT2D eigenvalue weighted by molar-refractivity contribution is 5.95. The molecule has 2 heterocycles. The van der Waals surface area contributed by atoms with E-state index in [0.717, 1.165) is 5.69 Å². The Balaban J connectivity index is 1.80. The van der Waals surface area contributed by atoms with Gasteiger partial charge in [0.15, 0.2) is 0 Å². The summed E-state index contributed by atoms with van der Waals surface area (Å²) in [7, 11) is 0. The van der Waals surface area contributed by atoms with Gasteiger partial charge in [0.1, 0.15) is 11.9 Å². The molecule has 0 aliphatic heterocycles. The van der Waals surface area contributed by atoms with Crippen LogP contribution in [-0.4, -0.2) is 20.3 Å². The van der Waals surface area contributed by atoms with E-state index in [9.17, 15) is 14.0 Å². The first-order valence-electron chi connectivity index (χ1n) is 10.1. The molecular formula is C24H23FN4O2. The van der Waals surface area contributed by atoms with Gasteiger partial charge in [0, 0.05) is 22.5 Å². The van der Waals surface area contributed by atoms with Gasteiger partial charge in [-0.1, -0.05) is 31.2 Å². The maximum Gasteiger partial charge on any atom is 0.281 e. The number of carbonyl (C=O) groups is 1. The highest BCUT2D eigenvalue weighted by Gasteiger charge is 2.26. The van der Waals surface area contributed by atoms with Gasteiger partial charge < -0.3 is 9.88 Å². The molecule has 1 N–H and O–H groups in total. The number of rotatable bonds is 5. The number of aryl methyl sites for hydroxylation is 2. The summed E-state index contributed by atoms with van der Waals surface area (Å²) in [5.74, 6) is -0.687. The molecule has 6 nitrogen and oxygen atoms in total. The molecule has 0 spiro atoms. The van der Waals surface area contributed by atoms with Gasteiger partial charge in [-0.3, -0.25) is 9.59 Å². The van der Waals surface area contributed by atoms with Crippen molar-refractivity contribution in [2.24, 2.45) is 0 Å². The molecular weight excluding hydrogens is 395 g/mol. The van der Waals surface area contributed by atoms with E-state index >= 15 is 0 Å². The molecule has 0 fully saturated rings. The van der Waals surface area contributed by atoms with E-state index in [0.29, 0.717) is 34.3 Å². The predicted octanol–water partition coefficient (Wildman–Crippen LogP) is 4.53. The monoisotopic (exact) mass is 418 g/mol. The Morgan fingerprint density at radius 2 is 1.84 bits per heavy atom. The van der Waals surface area contributed by atoms with Gasteiger partial charge in [0.2, 0.25) is 5.91 Å². The number of anilines is 1. The number of amides is 1. The Morgan fingerprint density at radius 3 is 2.52 bits per heavy atom. The average Bonchev–Trinajstić information content (AvgIpc) is 3.01. The van der Waals surface area contributed by atoms with Crippen molar-refractivity contribution in [2.75, 3.05) is 5.32 Å². The Morgan fingerprint density at radius 1 is 1.10 bits per heavy atom. The van der Waals surface area contributed by atoms with Crippen LogP contribution in [0.4, 0.5) is 10.1 Å². The summed E-state index contributed by atoms with van der Waals surface area (Å²) < 4.78 is 16.8. The Hall–Kier alpha value is -3.74. The number of carbonyl (C=O) groups excluding carboxylic acids is 1. The molecule has 1 atom stereocenters. The zero-order valence-electron chi connectivity index (χ0n) is 17.6. The van der Waals surface area contributed by atoms with E-state index in [-0.39, 0.29) is 11.5 Å². The van der Waals surface area contributed by atoms with E-state index in [1.807, 2.05) is 55.7 Å². The molecule has 1 amide bonds. The lowest BCUT2D eigenvalue weighted by molar-refractivity contribution is -0.119. The molecule has 4 rings (SSSR count). The molecule has 4 aromatic rings. The maximum atomic E-state index is 13.5. The quantitative estimate of drug-likeness (QED) is 0.518. The lowest BCUT2D eigenvalue weighted by atomic mass is 10.1. The third-order valence-electron chi connectivity index (χ3n) is 5.55. The first-order valence-corrected chi connectivity index (χ1v) is 10.1. The molecule has 2 aromatic heterocycles. The van der Waals surface area contributed by atoms with Gasteiger partial charge in [-0.2, -0.15) is 9.78 Å². The van der Waals surface area contributed by atoms with E-state index in [1.54, 1.807) is 18.3 Å². The first kappa shape index (κ1) is 20.5. The summed E-state index contributed by atoms with van der Waals surface area (Å²) >= 11 is 0. The van der Waals surface area contributed by atoms with Gasteiger partial charge in [0.05, 0.1) is 17.3 Å². The topological polar surface area (TPSA) is 68.9 Å². The van der Waals surface area contributed by atoms with Gasteiger partial charge in [-0.25, -0.2) is 4.39 Å². The standard InChI is InChI=1S/C24H23FN4O2/c1-4-21(23(30)27-18-10-8-9-17(25)13-18)28-15(2)20-14-26-29(19-11-6-5-7-12-19)24(31)22(20)16(28)3/h5-14,21H,4H2,1-3H3,(H,27,30)/t21-/m1/s1. The molecule has 0 aliphatic rings. The van der Waals surface area contributed by atoms with Crippen LogP contribution in [0.1, 0.15) is 30.8 Å². The number of benzene rings is 2. The minimum absolute atomic E-state index is 0.233. The van der Waals surface area contributed by atoms with Gasteiger partial charge in [-0.05, 0) is 50.6 Å². The van der Waals surface area contributed by atoms with Gasteiger partial charge in [-0.15, -0.1) is 0 Å². The summed E-state index contributed by atoms with van der Waals surface area (Å²) in [6.07, 6.45) is 2.17. The van der Waals surface area contributed by atoms with E-state index in [4.69, 9.17) is 0 Å². The van der Waals surface area contributed by atoms with Crippen LogP contribution in [0.2, 0.25) is 0 Å². The molecule has 0 unspecified atom stereocenters.